The lowest BCUT2D eigenvalue weighted by Crippen LogP contribution is -2.30. The Hall–Kier alpha value is -3.59. The molecule has 1 amide bonds. The molecule has 2 aromatic carbocycles. The molecule has 0 aliphatic carbocycles. The maximum absolute atomic E-state index is 13.2. The van der Waals surface area contributed by atoms with Gasteiger partial charge in [0.2, 0.25) is 5.91 Å². The van der Waals surface area contributed by atoms with Gasteiger partial charge in [0.05, 0.1) is 25.0 Å². The minimum atomic E-state index is -0.246. The molecule has 5 rings (SSSR count). The van der Waals surface area contributed by atoms with Crippen LogP contribution in [-0.2, 0) is 11.3 Å². The minimum absolute atomic E-state index is 0.113. The summed E-state index contributed by atoms with van der Waals surface area (Å²) in [6, 6.07) is 16.9. The number of nitrogens with zero attached hydrogens (tertiary/aromatic N) is 4. The predicted molar refractivity (Wildman–Crippen MR) is 122 cm³/mol. The van der Waals surface area contributed by atoms with Gasteiger partial charge in [-0.15, -0.1) is 0 Å². The molecule has 0 saturated heterocycles. The third-order valence-electron chi connectivity index (χ3n) is 5.42. The highest BCUT2D eigenvalue weighted by atomic mass is 32.2. The average Bonchev–Trinajstić information content (AvgIpc) is 3.43. The standard InChI is InChI=1S/C23H21N5O3S/c1-31-18-9-5-6-15(10-18)12-24-20(29)11-17-14-32-23-26-21-19(22(30)27(17)23)13-25-28(21)16-7-3-2-4-8-16/h2-10,13,17H,11-12,14H2,1H3,(H,24,29)/t17-/m0/s1. The molecular formula is C23H21N5O3S. The van der Waals surface area contributed by atoms with Crippen LogP contribution in [0.15, 0.2) is 70.7 Å². The number of para-hydroxylation sites is 1. The van der Waals surface area contributed by atoms with Crippen LogP contribution in [0, 0.1) is 0 Å². The van der Waals surface area contributed by atoms with E-state index < -0.39 is 0 Å². The van der Waals surface area contributed by atoms with Gasteiger partial charge >= 0.3 is 0 Å². The molecule has 0 saturated carbocycles. The van der Waals surface area contributed by atoms with E-state index in [1.807, 2.05) is 54.6 Å². The van der Waals surface area contributed by atoms with Crippen molar-refractivity contribution in [2.24, 2.45) is 0 Å². The minimum Gasteiger partial charge on any atom is -0.497 e. The molecule has 0 unspecified atom stereocenters. The molecule has 0 bridgehead atoms. The van der Waals surface area contributed by atoms with Crippen LogP contribution >= 0.6 is 11.8 Å². The number of hydrogen-bond donors (Lipinski definition) is 1. The molecule has 9 heteroatoms. The van der Waals surface area contributed by atoms with Crippen LogP contribution < -0.4 is 15.6 Å². The van der Waals surface area contributed by atoms with Crippen molar-refractivity contribution in [2.75, 3.05) is 12.9 Å². The van der Waals surface area contributed by atoms with Crippen molar-refractivity contribution in [3.63, 3.8) is 0 Å². The smallest absolute Gasteiger partial charge is 0.265 e. The van der Waals surface area contributed by atoms with Crippen molar-refractivity contribution in [3.8, 4) is 11.4 Å². The van der Waals surface area contributed by atoms with E-state index >= 15 is 0 Å². The van der Waals surface area contributed by atoms with E-state index in [4.69, 9.17) is 9.72 Å². The molecule has 3 heterocycles. The third kappa shape index (κ3) is 3.75. The summed E-state index contributed by atoms with van der Waals surface area (Å²) in [5, 5.41) is 8.37. The van der Waals surface area contributed by atoms with Gasteiger partial charge in [0.25, 0.3) is 5.56 Å². The normalized spacial score (nSPS) is 15.0. The number of benzene rings is 2. The number of aromatic nitrogens is 4. The third-order valence-corrected chi connectivity index (χ3v) is 6.51. The molecule has 1 N–H and O–H groups in total. The largest absolute Gasteiger partial charge is 0.497 e. The molecule has 32 heavy (non-hydrogen) atoms. The highest BCUT2D eigenvalue weighted by molar-refractivity contribution is 7.99. The van der Waals surface area contributed by atoms with E-state index in [0.717, 1.165) is 17.0 Å². The summed E-state index contributed by atoms with van der Waals surface area (Å²) in [5.41, 5.74) is 2.16. The summed E-state index contributed by atoms with van der Waals surface area (Å²) in [4.78, 5) is 30.5. The van der Waals surface area contributed by atoms with Crippen LogP contribution in [0.1, 0.15) is 18.0 Å². The fourth-order valence-corrected chi connectivity index (χ4v) is 4.94. The van der Waals surface area contributed by atoms with Gasteiger partial charge in [0.1, 0.15) is 11.1 Å². The number of amides is 1. The first kappa shape index (κ1) is 20.3. The van der Waals surface area contributed by atoms with Crippen molar-refractivity contribution >= 4 is 28.7 Å². The summed E-state index contributed by atoms with van der Waals surface area (Å²) in [7, 11) is 1.61. The zero-order valence-corrected chi connectivity index (χ0v) is 18.2. The molecule has 0 radical (unpaired) electrons. The second-order valence-corrected chi connectivity index (χ2v) is 8.48. The Balaban J connectivity index is 1.35. The molecule has 0 fully saturated rings. The lowest BCUT2D eigenvalue weighted by molar-refractivity contribution is -0.121. The topological polar surface area (TPSA) is 91.0 Å². The van der Waals surface area contributed by atoms with Crippen LogP contribution in [0.4, 0.5) is 0 Å². The van der Waals surface area contributed by atoms with Gasteiger partial charge in [0.15, 0.2) is 10.8 Å². The van der Waals surface area contributed by atoms with Crippen LogP contribution in [0.3, 0.4) is 0 Å². The Morgan fingerprint density at radius 1 is 1.22 bits per heavy atom. The summed E-state index contributed by atoms with van der Waals surface area (Å²) < 4.78 is 8.53. The highest BCUT2D eigenvalue weighted by Gasteiger charge is 2.29. The molecule has 2 aromatic heterocycles. The SMILES string of the molecule is COc1cccc(CNC(=O)C[C@H]2CSc3nc4c(cnn4-c4ccccc4)c(=O)n32)c1. The predicted octanol–water partition coefficient (Wildman–Crippen LogP) is 2.94. The van der Waals surface area contributed by atoms with Crippen LogP contribution in [0.2, 0.25) is 0 Å². The Morgan fingerprint density at radius 3 is 2.88 bits per heavy atom. The van der Waals surface area contributed by atoms with Crippen molar-refractivity contribution in [1.82, 2.24) is 24.6 Å². The lowest BCUT2D eigenvalue weighted by Gasteiger charge is -2.14. The Morgan fingerprint density at radius 2 is 2.06 bits per heavy atom. The summed E-state index contributed by atoms with van der Waals surface area (Å²) >= 11 is 1.49. The molecule has 1 aliphatic heterocycles. The first-order valence-electron chi connectivity index (χ1n) is 10.2. The summed E-state index contributed by atoms with van der Waals surface area (Å²) in [6.45, 7) is 0.402. The Labute approximate surface area is 188 Å². The van der Waals surface area contributed by atoms with E-state index in [2.05, 4.69) is 10.4 Å². The van der Waals surface area contributed by atoms with Crippen LogP contribution in [0.5, 0.6) is 5.75 Å². The van der Waals surface area contributed by atoms with Crippen molar-refractivity contribution < 1.29 is 9.53 Å². The number of fused-ring (bicyclic) bond motifs is 2. The van der Waals surface area contributed by atoms with E-state index in [-0.39, 0.29) is 23.9 Å². The number of ether oxygens (including phenoxy) is 1. The summed E-state index contributed by atoms with van der Waals surface area (Å²) in [6.07, 6.45) is 1.76. The number of thioether (sulfide) groups is 1. The lowest BCUT2D eigenvalue weighted by atomic mass is 10.2. The van der Waals surface area contributed by atoms with Gasteiger partial charge in [-0.25, -0.2) is 9.67 Å². The van der Waals surface area contributed by atoms with Crippen molar-refractivity contribution in [3.05, 3.63) is 76.7 Å². The first-order chi connectivity index (χ1) is 15.6. The zero-order valence-electron chi connectivity index (χ0n) is 17.4. The van der Waals surface area contributed by atoms with Gasteiger partial charge in [-0.1, -0.05) is 42.1 Å². The highest BCUT2D eigenvalue weighted by Crippen LogP contribution is 2.33. The first-order valence-corrected chi connectivity index (χ1v) is 11.2. The number of methoxy groups -OCH3 is 1. The second kappa shape index (κ2) is 8.51. The maximum Gasteiger partial charge on any atom is 0.265 e. The Kier molecular flexibility index (Phi) is 5.40. The van der Waals surface area contributed by atoms with E-state index in [1.54, 1.807) is 22.6 Å². The fraction of sp³-hybridized carbons (Fsp3) is 0.217. The van der Waals surface area contributed by atoms with E-state index in [1.165, 1.54) is 11.8 Å². The van der Waals surface area contributed by atoms with E-state index in [9.17, 15) is 9.59 Å². The van der Waals surface area contributed by atoms with Crippen molar-refractivity contribution in [2.45, 2.75) is 24.2 Å². The molecule has 4 aromatic rings. The molecule has 1 aliphatic rings. The fourth-order valence-electron chi connectivity index (χ4n) is 3.81. The zero-order chi connectivity index (χ0) is 22.1. The van der Waals surface area contributed by atoms with Gasteiger partial charge in [0, 0.05) is 18.7 Å². The number of rotatable bonds is 6. The van der Waals surface area contributed by atoms with E-state index in [0.29, 0.717) is 28.5 Å². The van der Waals surface area contributed by atoms with Gasteiger partial charge in [-0.3, -0.25) is 14.2 Å². The molecular weight excluding hydrogens is 426 g/mol. The summed E-state index contributed by atoms with van der Waals surface area (Å²) in [5.74, 6) is 1.26. The molecule has 0 spiro atoms. The Bertz CT molecular complexity index is 1350. The maximum atomic E-state index is 13.2. The average molecular weight is 448 g/mol. The number of carbonyl (C=O) groups is 1. The van der Waals surface area contributed by atoms with Gasteiger partial charge in [-0.2, -0.15) is 5.10 Å². The van der Waals surface area contributed by atoms with Crippen molar-refractivity contribution in [1.29, 1.82) is 0 Å². The molecule has 1 atom stereocenters. The van der Waals surface area contributed by atoms with Gasteiger partial charge < -0.3 is 10.1 Å². The van der Waals surface area contributed by atoms with Crippen LogP contribution in [0.25, 0.3) is 16.7 Å². The van der Waals surface area contributed by atoms with Gasteiger partial charge in [-0.05, 0) is 29.8 Å². The monoisotopic (exact) mass is 447 g/mol. The second-order valence-electron chi connectivity index (χ2n) is 7.50. The molecule has 162 valence electrons. The number of hydrogen-bond acceptors (Lipinski definition) is 6. The number of nitrogens with one attached hydrogen (secondary N) is 1. The number of carbonyl (C=O) groups excluding carboxylic acids is 1. The molecule has 8 nitrogen and oxygen atoms in total. The quantitative estimate of drug-likeness (QED) is 0.457. The van der Waals surface area contributed by atoms with Crippen LogP contribution in [-0.4, -0.2) is 38.1 Å².